The fraction of sp³-hybridized carbons (Fsp3) is 0.167. The SMILES string of the molecule is CC.Nc1nc(-c2cnco2)nc2sc(Cc3ccccc3)cc12. The van der Waals surface area contributed by atoms with Gasteiger partial charge in [0.1, 0.15) is 10.6 Å². The Balaban J connectivity index is 0.000000815. The zero-order chi connectivity index (χ0) is 16.9. The van der Waals surface area contributed by atoms with E-state index in [-0.39, 0.29) is 0 Å². The molecule has 4 rings (SSSR count). The first-order valence-corrected chi connectivity index (χ1v) is 8.60. The third kappa shape index (κ3) is 3.28. The first-order valence-electron chi connectivity index (χ1n) is 7.78. The Morgan fingerprint density at radius 1 is 1.12 bits per heavy atom. The second-order valence-electron chi connectivity index (χ2n) is 4.89. The molecule has 0 aliphatic heterocycles. The van der Waals surface area contributed by atoms with Crippen LogP contribution in [0.2, 0.25) is 0 Å². The van der Waals surface area contributed by atoms with Crippen LogP contribution in [0, 0.1) is 0 Å². The topological polar surface area (TPSA) is 77.8 Å². The van der Waals surface area contributed by atoms with E-state index in [0.717, 1.165) is 16.6 Å². The molecule has 0 amide bonds. The Morgan fingerprint density at radius 2 is 1.92 bits per heavy atom. The minimum Gasteiger partial charge on any atom is -0.440 e. The summed E-state index contributed by atoms with van der Waals surface area (Å²) in [6.45, 7) is 4.00. The molecule has 0 fully saturated rings. The van der Waals surface area contributed by atoms with Gasteiger partial charge in [-0.25, -0.2) is 15.0 Å². The highest BCUT2D eigenvalue weighted by atomic mass is 32.1. The monoisotopic (exact) mass is 338 g/mol. The molecule has 0 radical (unpaired) electrons. The lowest BCUT2D eigenvalue weighted by Crippen LogP contribution is -1.95. The molecule has 2 N–H and O–H groups in total. The molecule has 0 atom stereocenters. The molecule has 0 spiro atoms. The Labute approximate surface area is 144 Å². The van der Waals surface area contributed by atoms with Crippen LogP contribution < -0.4 is 5.73 Å². The van der Waals surface area contributed by atoms with E-state index in [1.165, 1.54) is 16.8 Å². The van der Waals surface area contributed by atoms with Gasteiger partial charge in [-0.15, -0.1) is 11.3 Å². The highest BCUT2D eigenvalue weighted by Crippen LogP contribution is 2.31. The van der Waals surface area contributed by atoms with Crippen molar-refractivity contribution >= 4 is 27.4 Å². The van der Waals surface area contributed by atoms with E-state index in [4.69, 9.17) is 10.2 Å². The van der Waals surface area contributed by atoms with Crippen LogP contribution in [0.25, 0.3) is 21.8 Å². The van der Waals surface area contributed by atoms with Gasteiger partial charge in [0.05, 0.1) is 11.6 Å². The molecule has 0 aliphatic carbocycles. The van der Waals surface area contributed by atoms with E-state index < -0.39 is 0 Å². The Morgan fingerprint density at radius 3 is 2.62 bits per heavy atom. The average Bonchev–Trinajstić information content (AvgIpc) is 3.27. The van der Waals surface area contributed by atoms with Crippen molar-refractivity contribution in [2.24, 2.45) is 0 Å². The van der Waals surface area contributed by atoms with Crippen molar-refractivity contribution in [1.82, 2.24) is 15.0 Å². The minimum absolute atomic E-state index is 0.465. The predicted octanol–water partition coefficient (Wildman–Crippen LogP) is 4.55. The number of anilines is 1. The maximum absolute atomic E-state index is 6.06. The summed E-state index contributed by atoms with van der Waals surface area (Å²) >= 11 is 1.62. The zero-order valence-electron chi connectivity index (χ0n) is 13.6. The number of hydrogen-bond acceptors (Lipinski definition) is 6. The fourth-order valence-electron chi connectivity index (χ4n) is 2.31. The maximum Gasteiger partial charge on any atom is 0.200 e. The van der Waals surface area contributed by atoms with Crippen molar-refractivity contribution in [3.05, 3.63) is 59.4 Å². The Hall–Kier alpha value is -2.73. The lowest BCUT2D eigenvalue weighted by Gasteiger charge is -1.98. The normalized spacial score (nSPS) is 10.4. The molecule has 6 heteroatoms. The highest BCUT2D eigenvalue weighted by Gasteiger charge is 2.13. The number of hydrogen-bond donors (Lipinski definition) is 1. The second kappa shape index (κ2) is 7.23. The van der Waals surface area contributed by atoms with Gasteiger partial charge in [-0.2, -0.15) is 0 Å². The minimum atomic E-state index is 0.465. The number of aromatic nitrogens is 3. The van der Waals surface area contributed by atoms with Gasteiger partial charge in [-0.05, 0) is 11.6 Å². The quantitative estimate of drug-likeness (QED) is 0.593. The van der Waals surface area contributed by atoms with E-state index in [0.29, 0.717) is 17.4 Å². The van der Waals surface area contributed by atoms with Gasteiger partial charge in [-0.1, -0.05) is 44.2 Å². The van der Waals surface area contributed by atoms with Crippen LogP contribution in [-0.2, 0) is 6.42 Å². The zero-order valence-corrected chi connectivity index (χ0v) is 14.4. The molecular weight excluding hydrogens is 320 g/mol. The molecule has 0 saturated carbocycles. The second-order valence-corrected chi connectivity index (χ2v) is 6.01. The largest absolute Gasteiger partial charge is 0.440 e. The molecule has 3 aromatic heterocycles. The van der Waals surface area contributed by atoms with Crippen molar-refractivity contribution < 1.29 is 4.42 Å². The maximum atomic E-state index is 6.06. The summed E-state index contributed by atoms with van der Waals surface area (Å²) in [6.07, 6.45) is 3.80. The summed E-state index contributed by atoms with van der Waals surface area (Å²) < 4.78 is 5.24. The number of fused-ring (bicyclic) bond motifs is 1. The summed E-state index contributed by atoms with van der Waals surface area (Å²) in [7, 11) is 0. The lowest BCUT2D eigenvalue weighted by molar-refractivity contribution is 0.568. The smallest absolute Gasteiger partial charge is 0.200 e. The molecule has 5 nitrogen and oxygen atoms in total. The number of rotatable bonds is 3. The van der Waals surface area contributed by atoms with Crippen molar-refractivity contribution in [1.29, 1.82) is 0 Å². The van der Waals surface area contributed by atoms with E-state index in [1.54, 1.807) is 17.5 Å². The van der Waals surface area contributed by atoms with Crippen LogP contribution in [0.4, 0.5) is 5.82 Å². The molecule has 0 bridgehead atoms. The molecule has 24 heavy (non-hydrogen) atoms. The van der Waals surface area contributed by atoms with Crippen LogP contribution in [0.5, 0.6) is 0 Å². The summed E-state index contributed by atoms with van der Waals surface area (Å²) in [4.78, 5) is 14.8. The first kappa shape index (κ1) is 16.1. The van der Waals surface area contributed by atoms with Gasteiger partial charge in [0.15, 0.2) is 12.2 Å². The van der Waals surface area contributed by atoms with Crippen LogP contribution in [0.15, 0.2) is 53.4 Å². The number of benzene rings is 1. The molecule has 0 saturated heterocycles. The molecule has 122 valence electrons. The van der Waals surface area contributed by atoms with Crippen molar-refractivity contribution in [3.8, 4) is 11.6 Å². The molecule has 1 aromatic carbocycles. The molecular formula is C18H18N4OS. The number of nitrogen functional groups attached to an aromatic ring is 1. The molecule has 4 aromatic rings. The van der Waals surface area contributed by atoms with E-state index in [9.17, 15) is 0 Å². The Bertz CT molecular complexity index is 917. The fourth-order valence-corrected chi connectivity index (χ4v) is 3.38. The van der Waals surface area contributed by atoms with Gasteiger partial charge >= 0.3 is 0 Å². The van der Waals surface area contributed by atoms with Gasteiger partial charge in [0.2, 0.25) is 5.82 Å². The predicted molar refractivity (Wildman–Crippen MR) is 97.9 cm³/mol. The van der Waals surface area contributed by atoms with Gasteiger partial charge in [-0.3, -0.25) is 0 Å². The summed E-state index contributed by atoms with van der Waals surface area (Å²) in [5, 5.41) is 0.888. The standard InChI is InChI=1S/C16H12N4OS.C2H6/c17-14-12-7-11(6-10-4-2-1-3-5-10)22-16(12)20-15(19-14)13-8-18-9-21-13;1-2/h1-5,7-9H,6H2,(H2,17,19,20);1-2H3. The third-order valence-corrected chi connectivity index (χ3v) is 4.38. The molecule has 3 heterocycles. The van der Waals surface area contributed by atoms with Gasteiger partial charge in [0.25, 0.3) is 0 Å². The lowest BCUT2D eigenvalue weighted by atomic mass is 10.1. The number of nitrogens with zero attached hydrogens (tertiary/aromatic N) is 3. The Kier molecular flexibility index (Phi) is 4.86. The van der Waals surface area contributed by atoms with Gasteiger partial charge < -0.3 is 10.2 Å². The van der Waals surface area contributed by atoms with Crippen molar-refractivity contribution in [2.75, 3.05) is 5.73 Å². The number of thiophene rings is 1. The van der Waals surface area contributed by atoms with Crippen LogP contribution in [-0.4, -0.2) is 15.0 Å². The van der Waals surface area contributed by atoms with Crippen LogP contribution in [0.3, 0.4) is 0 Å². The number of nitrogens with two attached hydrogens (primary N) is 1. The van der Waals surface area contributed by atoms with Crippen molar-refractivity contribution in [3.63, 3.8) is 0 Å². The van der Waals surface area contributed by atoms with E-state index in [2.05, 4.69) is 33.2 Å². The summed E-state index contributed by atoms with van der Waals surface area (Å²) in [6, 6.07) is 12.4. The summed E-state index contributed by atoms with van der Waals surface area (Å²) in [5.41, 5.74) is 7.32. The highest BCUT2D eigenvalue weighted by molar-refractivity contribution is 7.18. The van der Waals surface area contributed by atoms with Crippen LogP contribution >= 0.6 is 11.3 Å². The third-order valence-electron chi connectivity index (χ3n) is 3.35. The average molecular weight is 338 g/mol. The van der Waals surface area contributed by atoms with Crippen molar-refractivity contribution in [2.45, 2.75) is 20.3 Å². The van der Waals surface area contributed by atoms with Crippen LogP contribution in [0.1, 0.15) is 24.3 Å². The summed E-state index contributed by atoms with van der Waals surface area (Å²) in [5.74, 6) is 1.45. The molecule has 0 aliphatic rings. The number of oxazole rings is 1. The van der Waals surface area contributed by atoms with Gasteiger partial charge in [0, 0.05) is 11.3 Å². The van der Waals surface area contributed by atoms with E-state index in [1.807, 2.05) is 32.0 Å². The molecule has 0 unspecified atom stereocenters. The van der Waals surface area contributed by atoms with E-state index >= 15 is 0 Å². The first-order chi connectivity index (χ1) is 11.8.